The molecule has 2 unspecified atom stereocenters. The van der Waals surface area contributed by atoms with Gasteiger partial charge in [0.1, 0.15) is 6.10 Å². The van der Waals surface area contributed by atoms with Crippen molar-refractivity contribution < 1.29 is 9.53 Å². The summed E-state index contributed by atoms with van der Waals surface area (Å²) in [4.78, 5) is 14.3. The van der Waals surface area contributed by atoms with E-state index in [0.717, 1.165) is 58.3 Å². The van der Waals surface area contributed by atoms with E-state index in [1.807, 2.05) is 4.90 Å². The van der Waals surface area contributed by atoms with E-state index >= 15 is 0 Å². The van der Waals surface area contributed by atoms with Gasteiger partial charge in [0, 0.05) is 19.7 Å². The van der Waals surface area contributed by atoms with E-state index in [4.69, 9.17) is 10.5 Å². The number of nitrogens with two attached hydrogens (primary N) is 1. The van der Waals surface area contributed by atoms with Crippen molar-refractivity contribution in [3.05, 3.63) is 0 Å². The van der Waals surface area contributed by atoms with E-state index in [1.54, 1.807) is 0 Å². The van der Waals surface area contributed by atoms with Crippen LogP contribution in [0, 0.1) is 5.92 Å². The average molecular weight is 240 g/mol. The Bertz CT molecular complexity index is 250. The quantitative estimate of drug-likeness (QED) is 0.805. The van der Waals surface area contributed by atoms with Gasteiger partial charge in [-0.1, -0.05) is 0 Å². The molecule has 2 fully saturated rings. The second kappa shape index (κ2) is 6.36. The summed E-state index contributed by atoms with van der Waals surface area (Å²) >= 11 is 0. The molecule has 2 saturated heterocycles. The molecule has 0 aliphatic carbocycles. The second-order valence-electron chi connectivity index (χ2n) is 5.23. The summed E-state index contributed by atoms with van der Waals surface area (Å²) in [5.74, 6) is 0.813. The molecule has 0 aromatic heterocycles. The molecule has 0 saturated carbocycles. The van der Waals surface area contributed by atoms with Crippen molar-refractivity contribution in [1.29, 1.82) is 0 Å². The maximum absolute atomic E-state index is 12.3. The Morgan fingerprint density at radius 1 is 1.29 bits per heavy atom. The third-order valence-corrected chi connectivity index (χ3v) is 3.86. The summed E-state index contributed by atoms with van der Waals surface area (Å²) in [7, 11) is 0. The molecule has 0 spiro atoms. The molecule has 0 aromatic carbocycles. The molecule has 0 radical (unpaired) electrons. The number of rotatable bonds is 3. The highest BCUT2D eigenvalue weighted by Gasteiger charge is 2.30. The number of likely N-dealkylation sites (tertiary alicyclic amines) is 1. The van der Waals surface area contributed by atoms with Gasteiger partial charge in [-0.3, -0.25) is 4.79 Å². The molecule has 0 aromatic rings. The average Bonchev–Trinajstić information content (AvgIpc) is 2.40. The summed E-state index contributed by atoms with van der Waals surface area (Å²) in [6.45, 7) is 3.26. The number of hydrogen-bond donors (Lipinski definition) is 1. The lowest BCUT2D eigenvalue weighted by Crippen LogP contribution is -2.46. The van der Waals surface area contributed by atoms with E-state index in [2.05, 4.69) is 0 Å². The van der Waals surface area contributed by atoms with Crippen LogP contribution in [0.5, 0.6) is 0 Å². The number of hydrogen-bond acceptors (Lipinski definition) is 3. The van der Waals surface area contributed by atoms with Crippen molar-refractivity contribution in [2.45, 2.75) is 44.6 Å². The summed E-state index contributed by atoms with van der Waals surface area (Å²) in [5.41, 5.74) is 5.60. The minimum Gasteiger partial charge on any atom is -0.368 e. The predicted molar refractivity (Wildman–Crippen MR) is 66.6 cm³/mol. The van der Waals surface area contributed by atoms with Gasteiger partial charge in [0.15, 0.2) is 0 Å². The summed E-state index contributed by atoms with van der Waals surface area (Å²) in [6.07, 6.45) is 6.32. The third-order valence-electron chi connectivity index (χ3n) is 3.86. The Morgan fingerprint density at radius 2 is 2.18 bits per heavy atom. The molecule has 2 N–H and O–H groups in total. The summed E-state index contributed by atoms with van der Waals surface area (Å²) in [5, 5.41) is 0. The van der Waals surface area contributed by atoms with E-state index in [1.165, 1.54) is 6.42 Å². The predicted octanol–water partition coefficient (Wildman–Crippen LogP) is 1.14. The third kappa shape index (κ3) is 3.42. The van der Waals surface area contributed by atoms with Crippen LogP contribution in [0.3, 0.4) is 0 Å². The summed E-state index contributed by atoms with van der Waals surface area (Å²) < 4.78 is 5.57. The molecular weight excluding hydrogens is 216 g/mol. The zero-order valence-electron chi connectivity index (χ0n) is 10.6. The normalized spacial score (nSPS) is 30.3. The molecule has 4 nitrogen and oxygen atoms in total. The van der Waals surface area contributed by atoms with Gasteiger partial charge in [-0.05, 0) is 51.0 Å². The Balaban J connectivity index is 1.85. The SMILES string of the molecule is NCCC1CCCN(C(=O)C2CCCCO2)C1. The first-order chi connectivity index (χ1) is 8.31. The fraction of sp³-hybridized carbons (Fsp3) is 0.923. The van der Waals surface area contributed by atoms with Crippen molar-refractivity contribution >= 4 is 5.91 Å². The van der Waals surface area contributed by atoms with Crippen LogP contribution in [0.4, 0.5) is 0 Å². The van der Waals surface area contributed by atoms with Gasteiger partial charge in [0.25, 0.3) is 5.91 Å². The largest absolute Gasteiger partial charge is 0.368 e. The number of carbonyl (C=O) groups is 1. The Kier molecular flexibility index (Phi) is 4.80. The van der Waals surface area contributed by atoms with Crippen molar-refractivity contribution in [2.75, 3.05) is 26.2 Å². The van der Waals surface area contributed by atoms with E-state index in [0.29, 0.717) is 5.92 Å². The number of piperidine rings is 1. The van der Waals surface area contributed by atoms with Crippen LogP contribution in [-0.4, -0.2) is 43.2 Å². The number of carbonyl (C=O) groups excluding carboxylic acids is 1. The topological polar surface area (TPSA) is 55.6 Å². The van der Waals surface area contributed by atoms with Crippen LogP contribution in [0.2, 0.25) is 0 Å². The number of ether oxygens (including phenoxy) is 1. The summed E-state index contributed by atoms with van der Waals surface area (Å²) in [6, 6.07) is 0. The van der Waals surface area contributed by atoms with Crippen molar-refractivity contribution in [3.8, 4) is 0 Å². The first-order valence-electron chi connectivity index (χ1n) is 6.91. The van der Waals surface area contributed by atoms with Gasteiger partial charge in [-0.15, -0.1) is 0 Å². The molecule has 2 aliphatic heterocycles. The standard InChI is InChI=1S/C13H24N2O2/c14-7-6-11-4-3-8-15(10-11)13(16)12-5-1-2-9-17-12/h11-12H,1-10,14H2. The Hall–Kier alpha value is -0.610. The lowest BCUT2D eigenvalue weighted by Gasteiger charge is -2.35. The van der Waals surface area contributed by atoms with Crippen molar-refractivity contribution in [3.63, 3.8) is 0 Å². The lowest BCUT2D eigenvalue weighted by molar-refractivity contribution is -0.148. The van der Waals surface area contributed by atoms with E-state index < -0.39 is 0 Å². The lowest BCUT2D eigenvalue weighted by atomic mass is 9.94. The maximum Gasteiger partial charge on any atom is 0.251 e. The highest BCUT2D eigenvalue weighted by Crippen LogP contribution is 2.22. The monoisotopic (exact) mass is 240 g/mol. The van der Waals surface area contributed by atoms with Crippen molar-refractivity contribution in [2.24, 2.45) is 11.7 Å². The second-order valence-corrected chi connectivity index (χ2v) is 5.23. The van der Waals surface area contributed by atoms with Gasteiger partial charge in [0.05, 0.1) is 0 Å². The molecule has 2 heterocycles. The molecular formula is C13H24N2O2. The van der Waals surface area contributed by atoms with Gasteiger partial charge in [-0.25, -0.2) is 0 Å². The first kappa shape index (κ1) is 12.8. The van der Waals surface area contributed by atoms with Crippen LogP contribution in [-0.2, 0) is 9.53 Å². The Labute approximate surface area is 103 Å². The molecule has 17 heavy (non-hydrogen) atoms. The first-order valence-corrected chi connectivity index (χ1v) is 6.91. The molecule has 0 bridgehead atoms. The van der Waals surface area contributed by atoms with E-state index in [9.17, 15) is 4.79 Å². The molecule has 4 heteroatoms. The van der Waals surface area contributed by atoms with Gasteiger partial charge in [0.2, 0.25) is 0 Å². The van der Waals surface area contributed by atoms with E-state index in [-0.39, 0.29) is 12.0 Å². The number of amides is 1. The minimum atomic E-state index is -0.166. The smallest absolute Gasteiger partial charge is 0.251 e. The number of nitrogens with zero attached hydrogens (tertiary/aromatic N) is 1. The van der Waals surface area contributed by atoms with Gasteiger partial charge >= 0.3 is 0 Å². The molecule has 2 rings (SSSR count). The Morgan fingerprint density at radius 3 is 2.88 bits per heavy atom. The van der Waals surface area contributed by atoms with Crippen LogP contribution in [0.1, 0.15) is 38.5 Å². The molecule has 2 aliphatic rings. The van der Waals surface area contributed by atoms with Crippen LogP contribution in [0.15, 0.2) is 0 Å². The van der Waals surface area contributed by atoms with Crippen LogP contribution in [0.25, 0.3) is 0 Å². The van der Waals surface area contributed by atoms with Gasteiger partial charge in [-0.2, -0.15) is 0 Å². The zero-order chi connectivity index (χ0) is 12.1. The zero-order valence-corrected chi connectivity index (χ0v) is 10.6. The van der Waals surface area contributed by atoms with Crippen LogP contribution >= 0.6 is 0 Å². The minimum absolute atomic E-state index is 0.166. The van der Waals surface area contributed by atoms with Crippen LogP contribution < -0.4 is 5.73 Å². The van der Waals surface area contributed by atoms with Gasteiger partial charge < -0.3 is 15.4 Å². The fourth-order valence-electron chi connectivity index (χ4n) is 2.88. The highest BCUT2D eigenvalue weighted by molar-refractivity contribution is 5.81. The fourth-order valence-corrected chi connectivity index (χ4v) is 2.88. The maximum atomic E-state index is 12.3. The molecule has 1 amide bonds. The highest BCUT2D eigenvalue weighted by atomic mass is 16.5. The molecule has 98 valence electrons. The molecule has 2 atom stereocenters. The van der Waals surface area contributed by atoms with Crippen molar-refractivity contribution in [1.82, 2.24) is 4.90 Å².